The molecule has 0 saturated carbocycles. The summed E-state index contributed by atoms with van der Waals surface area (Å²) in [6.07, 6.45) is 3.54. The largest absolute Gasteiger partial charge is 0.508 e. The van der Waals surface area contributed by atoms with Crippen LogP contribution in [0.15, 0.2) is 36.4 Å². The van der Waals surface area contributed by atoms with Crippen LogP contribution in [-0.2, 0) is 5.41 Å². The fourth-order valence-corrected chi connectivity index (χ4v) is 3.37. The molecule has 1 fully saturated rings. The predicted molar refractivity (Wildman–Crippen MR) is 80.6 cm³/mol. The summed E-state index contributed by atoms with van der Waals surface area (Å²) in [5.41, 5.74) is 2.73. The summed E-state index contributed by atoms with van der Waals surface area (Å²) in [5, 5.41) is 9.74. The number of aromatic hydroxyl groups is 1. The Morgan fingerprint density at radius 3 is 2.89 bits per heavy atom. The smallest absolute Gasteiger partial charge is 0.115 e. The molecule has 104 valence electrons. The standard InChI is InChI=1S/C17H25NO/c1-4-8-17(15-6-5-7-16(19)11-15)9-10-18(13-17)12-14(2)3/h5-7,11,19H,2,4,8-10,12-13H2,1,3H3/t17-/m1/s1. The Kier molecular flexibility index (Phi) is 4.31. The minimum absolute atomic E-state index is 0.211. The van der Waals surface area contributed by atoms with Gasteiger partial charge in [-0.25, -0.2) is 0 Å². The molecule has 2 nitrogen and oxygen atoms in total. The monoisotopic (exact) mass is 259 g/mol. The number of hydrogen-bond acceptors (Lipinski definition) is 2. The Labute approximate surface area is 116 Å². The third-order valence-corrected chi connectivity index (χ3v) is 4.11. The molecule has 0 amide bonds. The normalized spacial score (nSPS) is 23.7. The van der Waals surface area contributed by atoms with Crippen molar-refractivity contribution >= 4 is 0 Å². The molecule has 1 aromatic carbocycles. The van der Waals surface area contributed by atoms with Crippen molar-refractivity contribution in [3.8, 4) is 5.75 Å². The molecule has 0 aromatic heterocycles. The predicted octanol–water partition coefficient (Wildman–Crippen LogP) is 3.71. The lowest BCUT2D eigenvalue weighted by Crippen LogP contribution is -2.31. The van der Waals surface area contributed by atoms with Crippen molar-refractivity contribution in [3.05, 3.63) is 42.0 Å². The van der Waals surface area contributed by atoms with Gasteiger partial charge in [0.25, 0.3) is 0 Å². The highest BCUT2D eigenvalue weighted by Gasteiger charge is 2.38. The fourth-order valence-electron chi connectivity index (χ4n) is 3.37. The van der Waals surface area contributed by atoms with Crippen LogP contribution in [0.3, 0.4) is 0 Å². The lowest BCUT2D eigenvalue weighted by atomic mass is 9.76. The molecule has 1 aliphatic heterocycles. The Bertz CT molecular complexity index is 454. The molecule has 2 rings (SSSR count). The quantitative estimate of drug-likeness (QED) is 0.815. The van der Waals surface area contributed by atoms with Gasteiger partial charge >= 0.3 is 0 Å². The number of rotatable bonds is 5. The zero-order valence-electron chi connectivity index (χ0n) is 12.2. The van der Waals surface area contributed by atoms with Crippen molar-refractivity contribution in [2.75, 3.05) is 19.6 Å². The van der Waals surface area contributed by atoms with Crippen LogP contribution in [-0.4, -0.2) is 29.6 Å². The number of phenolic OH excluding ortho intramolecular Hbond substituents is 1. The van der Waals surface area contributed by atoms with Crippen molar-refractivity contribution in [1.29, 1.82) is 0 Å². The van der Waals surface area contributed by atoms with E-state index >= 15 is 0 Å². The zero-order valence-corrected chi connectivity index (χ0v) is 12.2. The van der Waals surface area contributed by atoms with E-state index in [0.29, 0.717) is 5.75 Å². The van der Waals surface area contributed by atoms with Gasteiger partial charge in [0.15, 0.2) is 0 Å². The van der Waals surface area contributed by atoms with E-state index in [0.717, 1.165) is 19.6 Å². The zero-order chi connectivity index (χ0) is 13.9. The van der Waals surface area contributed by atoms with Crippen molar-refractivity contribution in [2.45, 2.75) is 38.5 Å². The second kappa shape index (κ2) is 5.79. The second-order valence-corrected chi connectivity index (χ2v) is 6.00. The molecule has 1 saturated heterocycles. The first-order valence-electron chi connectivity index (χ1n) is 7.22. The van der Waals surface area contributed by atoms with E-state index in [9.17, 15) is 5.11 Å². The number of likely N-dealkylation sites (tertiary alicyclic amines) is 1. The van der Waals surface area contributed by atoms with Crippen LogP contribution in [0.25, 0.3) is 0 Å². The van der Waals surface area contributed by atoms with Crippen LogP contribution in [0.2, 0.25) is 0 Å². The van der Waals surface area contributed by atoms with E-state index in [4.69, 9.17) is 0 Å². The van der Waals surface area contributed by atoms with E-state index in [1.54, 1.807) is 6.07 Å². The molecular formula is C17H25NO. The average molecular weight is 259 g/mol. The number of phenols is 1. The molecule has 0 spiro atoms. The number of hydrogen-bond donors (Lipinski definition) is 1. The molecule has 1 atom stereocenters. The van der Waals surface area contributed by atoms with Gasteiger partial charge < -0.3 is 5.11 Å². The summed E-state index contributed by atoms with van der Waals surface area (Å²) in [5.74, 6) is 0.381. The van der Waals surface area contributed by atoms with Gasteiger partial charge in [0.1, 0.15) is 5.75 Å². The topological polar surface area (TPSA) is 23.5 Å². The van der Waals surface area contributed by atoms with Crippen molar-refractivity contribution in [3.63, 3.8) is 0 Å². The molecule has 0 bridgehead atoms. The van der Waals surface area contributed by atoms with E-state index in [1.807, 2.05) is 12.1 Å². The molecule has 0 unspecified atom stereocenters. The van der Waals surface area contributed by atoms with Crippen LogP contribution in [0, 0.1) is 0 Å². The first-order chi connectivity index (χ1) is 9.05. The Hall–Kier alpha value is -1.28. The van der Waals surface area contributed by atoms with Gasteiger partial charge in [0.2, 0.25) is 0 Å². The van der Waals surface area contributed by atoms with Crippen LogP contribution in [0.5, 0.6) is 5.75 Å². The van der Waals surface area contributed by atoms with Crippen LogP contribution in [0.1, 0.15) is 38.7 Å². The first-order valence-corrected chi connectivity index (χ1v) is 7.22. The average Bonchev–Trinajstić information content (AvgIpc) is 2.73. The van der Waals surface area contributed by atoms with Crippen molar-refractivity contribution in [1.82, 2.24) is 4.90 Å². The summed E-state index contributed by atoms with van der Waals surface area (Å²) < 4.78 is 0. The molecule has 0 aliphatic carbocycles. The lowest BCUT2D eigenvalue weighted by molar-refractivity contribution is 0.321. The molecule has 1 aromatic rings. The van der Waals surface area contributed by atoms with Gasteiger partial charge in [-0.05, 0) is 44.0 Å². The van der Waals surface area contributed by atoms with E-state index in [1.165, 1.54) is 30.4 Å². The molecule has 1 N–H and O–H groups in total. The highest BCUT2D eigenvalue weighted by atomic mass is 16.3. The van der Waals surface area contributed by atoms with Gasteiger partial charge in [-0.15, -0.1) is 0 Å². The minimum atomic E-state index is 0.211. The van der Waals surface area contributed by atoms with Crippen LogP contribution >= 0.6 is 0 Å². The maximum atomic E-state index is 9.74. The Balaban J connectivity index is 2.22. The molecular weight excluding hydrogens is 234 g/mol. The first kappa shape index (κ1) is 14.1. The van der Waals surface area contributed by atoms with Gasteiger partial charge in [0.05, 0.1) is 0 Å². The SMILES string of the molecule is C=C(C)CN1CC[C@@](CCC)(c2cccc(O)c2)C1. The van der Waals surface area contributed by atoms with Gasteiger partial charge in [0, 0.05) is 18.5 Å². The van der Waals surface area contributed by atoms with Gasteiger partial charge in [-0.3, -0.25) is 4.90 Å². The molecule has 19 heavy (non-hydrogen) atoms. The third-order valence-electron chi connectivity index (χ3n) is 4.11. The molecule has 2 heteroatoms. The van der Waals surface area contributed by atoms with Crippen molar-refractivity contribution < 1.29 is 5.11 Å². The Morgan fingerprint density at radius 2 is 2.26 bits per heavy atom. The van der Waals surface area contributed by atoms with Crippen LogP contribution in [0.4, 0.5) is 0 Å². The van der Waals surface area contributed by atoms with E-state index in [-0.39, 0.29) is 5.41 Å². The van der Waals surface area contributed by atoms with E-state index < -0.39 is 0 Å². The summed E-state index contributed by atoms with van der Waals surface area (Å²) in [6, 6.07) is 7.83. The van der Waals surface area contributed by atoms with Crippen molar-refractivity contribution in [2.24, 2.45) is 0 Å². The highest BCUT2D eigenvalue weighted by molar-refractivity contribution is 5.34. The summed E-state index contributed by atoms with van der Waals surface area (Å²) in [6.45, 7) is 11.5. The fraction of sp³-hybridized carbons (Fsp3) is 0.529. The Morgan fingerprint density at radius 1 is 1.47 bits per heavy atom. The maximum absolute atomic E-state index is 9.74. The minimum Gasteiger partial charge on any atom is -0.508 e. The maximum Gasteiger partial charge on any atom is 0.115 e. The van der Waals surface area contributed by atoms with Crippen LogP contribution < -0.4 is 0 Å². The number of benzene rings is 1. The molecule has 1 heterocycles. The lowest BCUT2D eigenvalue weighted by Gasteiger charge is -2.30. The summed E-state index contributed by atoms with van der Waals surface area (Å²) in [7, 11) is 0. The van der Waals surface area contributed by atoms with Gasteiger partial charge in [-0.2, -0.15) is 0 Å². The third kappa shape index (κ3) is 3.19. The molecule has 0 radical (unpaired) electrons. The summed E-state index contributed by atoms with van der Waals surface area (Å²) in [4.78, 5) is 2.49. The van der Waals surface area contributed by atoms with Gasteiger partial charge in [-0.1, -0.05) is 37.6 Å². The number of nitrogens with zero attached hydrogens (tertiary/aromatic N) is 1. The van der Waals surface area contributed by atoms with E-state index in [2.05, 4.69) is 31.4 Å². The highest BCUT2D eigenvalue weighted by Crippen LogP contribution is 2.39. The second-order valence-electron chi connectivity index (χ2n) is 6.00. The summed E-state index contributed by atoms with van der Waals surface area (Å²) >= 11 is 0. The molecule has 1 aliphatic rings.